The summed E-state index contributed by atoms with van der Waals surface area (Å²) in [5.74, 6) is 0.604. The summed E-state index contributed by atoms with van der Waals surface area (Å²) < 4.78 is 17.6. The van der Waals surface area contributed by atoms with Crippen molar-refractivity contribution in [3.05, 3.63) is 71.0 Å². The van der Waals surface area contributed by atoms with Crippen molar-refractivity contribution in [2.45, 2.75) is 79.4 Å². The summed E-state index contributed by atoms with van der Waals surface area (Å²) in [5, 5.41) is 10.4. The molecule has 0 amide bonds. The minimum Gasteiger partial charge on any atom is -0.497 e. The minimum atomic E-state index is -1.14. The predicted octanol–water partition coefficient (Wildman–Crippen LogP) is 7.56. The highest BCUT2D eigenvalue weighted by Crippen LogP contribution is 2.45. The fourth-order valence-electron chi connectivity index (χ4n) is 5.59. The third-order valence-corrected chi connectivity index (χ3v) is 7.91. The van der Waals surface area contributed by atoms with Crippen molar-refractivity contribution in [2.75, 3.05) is 31.7 Å². The van der Waals surface area contributed by atoms with Crippen LogP contribution in [0.4, 0.5) is 5.69 Å². The number of carbonyl (C=O) groups is 1. The number of pyridine rings is 1. The highest BCUT2D eigenvalue weighted by atomic mass is 16.5. The van der Waals surface area contributed by atoms with Crippen molar-refractivity contribution < 1.29 is 24.1 Å². The molecular weight excluding hydrogens is 528 g/mol. The zero-order valence-corrected chi connectivity index (χ0v) is 26.4. The monoisotopic (exact) mass is 574 g/mol. The van der Waals surface area contributed by atoms with Gasteiger partial charge in [-0.3, -0.25) is 4.98 Å². The maximum absolute atomic E-state index is 12.7. The molecule has 7 nitrogen and oxygen atoms in total. The second-order valence-electron chi connectivity index (χ2n) is 13.0. The number of hydrogen-bond acceptors (Lipinski definition) is 6. The van der Waals surface area contributed by atoms with Crippen LogP contribution < -0.4 is 14.4 Å². The number of rotatable bonds is 10. The van der Waals surface area contributed by atoms with E-state index in [0.717, 1.165) is 71.9 Å². The van der Waals surface area contributed by atoms with Crippen LogP contribution in [0.15, 0.2) is 48.5 Å². The van der Waals surface area contributed by atoms with Gasteiger partial charge < -0.3 is 24.2 Å². The van der Waals surface area contributed by atoms with E-state index < -0.39 is 17.7 Å². The molecule has 3 aromatic rings. The van der Waals surface area contributed by atoms with E-state index in [-0.39, 0.29) is 5.41 Å². The Morgan fingerprint density at radius 1 is 1.02 bits per heavy atom. The first-order chi connectivity index (χ1) is 19.8. The molecule has 0 aliphatic carbocycles. The second-order valence-corrected chi connectivity index (χ2v) is 13.0. The SMILES string of the molecule is COc1cccc(CCOc2ccc(-c3c(C)nc(C)c(C(OC(C)(C)C)C(=O)O)c3N3CCC(C)(C)CC3)cc2)c1. The van der Waals surface area contributed by atoms with Crippen LogP contribution in [0.2, 0.25) is 0 Å². The van der Waals surface area contributed by atoms with Crippen LogP contribution in [0.5, 0.6) is 11.5 Å². The number of carboxylic acids is 1. The van der Waals surface area contributed by atoms with E-state index in [1.54, 1.807) is 7.11 Å². The number of ether oxygens (including phenoxy) is 3. The fourth-order valence-corrected chi connectivity index (χ4v) is 5.59. The highest BCUT2D eigenvalue weighted by molar-refractivity contribution is 5.88. The van der Waals surface area contributed by atoms with Crippen LogP contribution in [-0.4, -0.2) is 48.5 Å². The lowest BCUT2D eigenvalue weighted by atomic mass is 9.82. The van der Waals surface area contributed by atoms with Crippen LogP contribution in [0.1, 0.15) is 76.1 Å². The molecular formula is C35H46N2O5. The number of aryl methyl sites for hydroxylation is 2. The second kappa shape index (κ2) is 12.7. The molecule has 1 aliphatic heterocycles. The average Bonchev–Trinajstić information content (AvgIpc) is 2.92. The molecule has 2 heterocycles. The smallest absolute Gasteiger partial charge is 0.337 e. The number of carboxylic acid groups (broad SMARTS) is 1. The summed E-state index contributed by atoms with van der Waals surface area (Å²) in [7, 11) is 1.67. The normalized spacial score (nSPS) is 15.8. The molecule has 1 aromatic heterocycles. The number of piperidine rings is 1. The molecule has 1 aliphatic rings. The average molecular weight is 575 g/mol. The van der Waals surface area contributed by atoms with Gasteiger partial charge in [-0.05, 0) is 88.3 Å². The van der Waals surface area contributed by atoms with E-state index in [2.05, 4.69) is 24.8 Å². The molecule has 1 atom stereocenters. The van der Waals surface area contributed by atoms with Gasteiger partial charge in [-0.1, -0.05) is 38.1 Å². The molecule has 1 unspecified atom stereocenters. The Bertz CT molecular complexity index is 1380. The van der Waals surface area contributed by atoms with Crippen LogP contribution in [0, 0.1) is 19.3 Å². The maximum atomic E-state index is 12.7. The number of anilines is 1. The van der Waals surface area contributed by atoms with Crippen LogP contribution in [0.3, 0.4) is 0 Å². The Hall–Kier alpha value is -3.58. The fraction of sp³-hybridized carbons (Fsp3) is 0.486. The van der Waals surface area contributed by atoms with Gasteiger partial charge in [0.2, 0.25) is 0 Å². The molecule has 1 saturated heterocycles. The zero-order valence-electron chi connectivity index (χ0n) is 26.4. The molecule has 42 heavy (non-hydrogen) atoms. The minimum absolute atomic E-state index is 0.242. The summed E-state index contributed by atoms with van der Waals surface area (Å²) in [4.78, 5) is 19.9. The lowest BCUT2D eigenvalue weighted by Crippen LogP contribution is -2.39. The van der Waals surface area contributed by atoms with E-state index in [4.69, 9.17) is 19.2 Å². The topological polar surface area (TPSA) is 81.1 Å². The van der Waals surface area contributed by atoms with Gasteiger partial charge in [0.1, 0.15) is 11.5 Å². The predicted molar refractivity (Wildman–Crippen MR) is 168 cm³/mol. The lowest BCUT2D eigenvalue weighted by molar-refractivity contribution is -0.160. The van der Waals surface area contributed by atoms with Crippen LogP contribution >= 0.6 is 0 Å². The molecule has 0 saturated carbocycles. The van der Waals surface area contributed by atoms with Crippen LogP contribution in [0.25, 0.3) is 11.1 Å². The number of nitrogens with zero attached hydrogens (tertiary/aromatic N) is 2. The maximum Gasteiger partial charge on any atom is 0.337 e. The van der Waals surface area contributed by atoms with Gasteiger partial charge in [0.15, 0.2) is 6.10 Å². The Morgan fingerprint density at radius 3 is 2.29 bits per heavy atom. The van der Waals surface area contributed by atoms with E-state index in [1.807, 2.05) is 77.1 Å². The van der Waals surface area contributed by atoms with Gasteiger partial charge in [0.25, 0.3) is 0 Å². The summed E-state index contributed by atoms with van der Waals surface area (Å²) >= 11 is 0. The molecule has 1 N–H and O–H groups in total. The largest absolute Gasteiger partial charge is 0.497 e. The van der Waals surface area contributed by atoms with Crippen molar-refractivity contribution in [1.82, 2.24) is 4.98 Å². The van der Waals surface area contributed by atoms with Crippen molar-refractivity contribution in [2.24, 2.45) is 5.41 Å². The Labute approximate surface area is 250 Å². The van der Waals surface area contributed by atoms with Crippen molar-refractivity contribution in [3.8, 4) is 22.6 Å². The summed E-state index contributed by atoms with van der Waals surface area (Å²) in [6.45, 7) is 16.4. The third kappa shape index (κ3) is 7.62. The summed E-state index contributed by atoms with van der Waals surface area (Å²) in [6.07, 6.45) is 1.67. The van der Waals surface area contributed by atoms with E-state index in [0.29, 0.717) is 17.9 Å². The van der Waals surface area contributed by atoms with Gasteiger partial charge in [-0.15, -0.1) is 0 Å². The van der Waals surface area contributed by atoms with E-state index in [9.17, 15) is 9.90 Å². The van der Waals surface area contributed by atoms with Gasteiger partial charge in [0.05, 0.1) is 25.0 Å². The Kier molecular flexibility index (Phi) is 9.51. The Morgan fingerprint density at radius 2 is 1.69 bits per heavy atom. The van der Waals surface area contributed by atoms with Gasteiger partial charge in [0, 0.05) is 42.0 Å². The zero-order chi connectivity index (χ0) is 30.7. The number of benzene rings is 2. The molecule has 0 spiro atoms. The van der Waals surface area contributed by atoms with Gasteiger partial charge in [-0.25, -0.2) is 4.79 Å². The summed E-state index contributed by atoms with van der Waals surface area (Å²) in [5.41, 5.74) is 5.77. The van der Waals surface area contributed by atoms with Gasteiger partial charge in [-0.2, -0.15) is 0 Å². The van der Waals surface area contributed by atoms with E-state index in [1.165, 1.54) is 0 Å². The molecule has 2 aromatic carbocycles. The van der Waals surface area contributed by atoms with Crippen molar-refractivity contribution in [3.63, 3.8) is 0 Å². The standard InChI is InChI=1S/C35H46N2O5/c1-23-29(26-12-14-27(15-13-26)41-21-16-25-10-9-11-28(22-25)40-8)31(37-19-17-35(6,7)18-20-37)30(24(2)36-23)32(33(38)39)42-34(3,4)5/h9-15,22,32H,16-21H2,1-8H3,(H,38,39). The first-order valence-electron chi connectivity index (χ1n) is 14.8. The first kappa shape index (κ1) is 31.4. The van der Waals surface area contributed by atoms with Gasteiger partial charge >= 0.3 is 5.97 Å². The molecule has 4 rings (SSSR count). The molecule has 0 bridgehead atoms. The van der Waals surface area contributed by atoms with E-state index >= 15 is 0 Å². The molecule has 226 valence electrons. The quantitative estimate of drug-likeness (QED) is 0.268. The first-order valence-corrected chi connectivity index (χ1v) is 14.8. The Balaban J connectivity index is 1.70. The van der Waals surface area contributed by atoms with Crippen molar-refractivity contribution in [1.29, 1.82) is 0 Å². The lowest BCUT2D eigenvalue weighted by Gasteiger charge is -2.41. The number of hydrogen-bond donors (Lipinski definition) is 1. The number of aromatic nitrogens is 1. The van der Waals surface area contributed by atoms with Crippen LogP contribution in [-0.2, 0) is 16.0 Å². The summed E-state index contributed by atoms with van der Waals surface area (Å²) in [6, 6.07) is 16.0. The number of aliphatic carboxylic acids is 1. The molecule has 7 heteroatoms. The van der Waals surface area contributed by atoms with Crippen molar-refractivity contribution >= 4 is 11.7 Å². The third-order valence-electron chi connectivity index (χ3n) is 7.91. The highest BCUT2D eigenvalue weighted by Gasteiger charge is 2.36. The number of methoxy groups -OCH3 is 1. The molecule has 0 radical (unpaired) electrons. The molecule has 1 fully saturated rings.